The van der Waals surface area contributed by atoms with Crippen LogP contribution in [0.5, 0.6) is 0 Å². The van der Waals surface area contributed by atoms with E-state index < -0.39 is 11.2 Å². The average molecular weight is 469 g/mol. The number of H-pyrrole nitrogens is 1. The van der Waals surface area contributed by atoms with Crippen LogP contribution < -0.4 is 21.9 Å². The summed E-state index contributed by atoms with van der Waals surface area (Å²) in [7, 11) is 0. The van der Waals surface area contributed by atoms with Gasteiger partial charge in [-0.2, -0.15) is 0 Å². The molecule has 0 unspecified atom stereocenters. The topological polar surface area (TPSA) is 127 Å². The van der Waals surface area contributed by atoms with Gasteiger partial charge in [0, 0.05) is 18.0 Å². The largest absolute Gasteiger partial charge is 0.383 e. The normalized spacial score (nSPS) is 14.1. The van der Waals surface area contributed by atoms with Gasteiger partial charge in [0.25, 0.3) is 5.56 Å². The molecular formula is C23H28N6O3S. The van der Waals surface area contributed by atoms with Gasteiger partial charge in [0.05, 0.1) is 11.3 Å². The Kier molecular flexibility index (Phi) is 7.12. The smallest absolute Gasteiger partial charge is 0.330 e. The van der Waals surface area contributed by atoms with E-state index in [1.165, 1.54) is 27.6 Å². The van der Waals surface area contributed by atoms with E-state index in [-0.39, 0.29) is 29.2 Å². The Morgan fingerprint density at radius 2 is 2.00 bits per heavy atom. The molecule has 0 aliphatic heterocycles. The Morgan fingerprint density at radius 1 is 1.24 bits per heavy atom. The van der Waals surface area contributed by atoms with Crippen molar-refractivity contribution >= 4 is 40.1 Å². The zero-order chi connectivity index (χ0) is 23.4. The highest BCUT2D eigenvalue weighted by molar-refractivity contribution is 8.00. The molecule has 0 atom stereocenters. The number of thioether (sulfide) groups is 1. The van der Waals surface area contributed by atoms with Crippen LogP contribution in [-0.4, -0.2) is 37.2 Å². The molecular weight excluding hydrogens is 440 g/mol. The number of nitrogens with zero attached hydrogens (tertiary/aromatic N) is 4. The molecule has 1 aliphatic carbocycles. The van der Waals surface area contributed by atoms with Gasteiger partial charge in [-0.15, -0.1) is 0 Å². The number of hydrogen-bond donors (Lipinski definition) is 2. The number of nitrogens with one attached hydrogen (secondary N) is 1. The van der Waals surface area contributed by atoms with Crippen molar-refractivity contribution in [3.05, 3.63) is 51.4 Å². The van der Waals surface area contributed by atoms with Crippen molar-refractivity contribution in [1.82, 2.24) is 19.5 Å². The number of aromatic nitrogens is 4. The first kappa shape index (κ1) is 23.0. The second-order valence-corrected chi connectivity index (χ2v) is 9.15. The molecule has 0 saturated heterocycles. The second-order valence-electron chi connectivity index (χ2n) is 8.18. The Labute approximate surface area is 195 Å². The molecule has 4 rings (SSSR count). The summed E-state index contributed by atoms with van der Waals surface area (Å²) in [6.45, 7) is 2.40. The Morgan fingerprint density at radius 3 is 2.76 bits per heavy atom. The number of rotatable bonds is 8. The van der Waals surface area contributed by atoms with Crippen molar-refractivity contribution in [1.29, 1.82) is 0 Å². The zero-order valence-electron chi connectivity index (χ0n) is 18.6. The predicted molar refractivity (Wildman–Crippen MR) is 131 cm³/mol. The molecule has 1 fully saturated rings. The van der Waals surface area contributed by atoms with Gasteiger partial charge in [-0.3, -0.25) is 19.1 Å². The van der Waals surface area contributed by atoms with Crippen LogP contribution >= 0.6 is 11.8 Å². The number of carbonyl (C=O) groups is 1. The lowest BCUT2D eigenvalue weighted by atomic mass is 10.2. The molecule has 0 bridgehead atoms. The number of anilines is 2. The molecule has 3 aromatic rings. The molecule has 174 valence electrons. The van der Waals surface area contributed by atoms with Gasteiger partial charge >= 0.3 is 5.69 Å². The van der Waals surface area contributed by atoms with Gasteiger partial charge < -0.3 is 10.6 Å². The number of amides is 1. The molecule has 0 spiro atoms. The molecule has 1 aliphatic rings. The molecule has 2 aromatic heterocycles. The van der Waals surface area contributed by atoms with E-state index in [2.05, 4.69) is 15.0 Å². The van der Waals surface area contributed by atoms with Crippen molar-refractivity contribution in [3.8, 4) is 0 Å². The fourth-order valence-electron chi connectivity index (χ4n) is 4.32. The van der Waals surface area contributed by atoms with Crippen LogP contribution in [0.1, 0.15) is 45.4 Å². The quantitative estimate of drug-likeness (QED) is 0.384. The van der Waals surface area contributed by atoms with Crippen molar-refractivity contribution in [2.75, 3.05) is 16.4 Å². The number of nitrogens with two attached hydrogens (primary N) is 1. The van der Waals surface area contributed by atoms with Gasteiger partial charge in [0.2, 0.25) is 5.91 Å². The SMILES string of the molecule is CCCCn1c(N)c(N(C(=O)CSc2ncnc3ccccc23)C2CCCC2)c(=O)[nH]c1=O. The van der Waals surface area contributed by atoms with Gasteiger partial charge in [-0.1, -0.05) is 56.1 Å². The molecule has 2 heterocycles. The Balaban J connectivity index is 1.67. The maximum atomic E-state index is 13.5. The first-order valence-electron chi connectivity index (χ1n) is 11.3. The second kappa shape index (κ2) is 10.2. The maximum Gasteiger partial charge on any atom is 0.330 e. The van der Waals surface area contributed by atoms with E-state index in [0.717, 1.165) is 49.4 Å². The minimum Gasteiger partial charge on any atom is -0.383 e. The summed E-state index contributed by atoms with van der Waals surface area (Å²) in [5.74, 6) is -0.0905. The minimum absolute atomic E-state index is 0.0509. The summed E-state index contributed by atoms with van der Waals surface area (Å²) in [6.07, 6.45) is 6.63. The molecule has 10 heteroatoms. The fraction of sp³-hybridized carbons (Fsp3) is 0.435. The molecule has 1 aromatic carbocycles. The van der Waals surface area contributed by atoms with Crippen molar-refractivity contribution in [2.45, 2.75) is 63.1 Å². The molecule has 1 saturated carbocycles. The molecule has 1 amide bonds. The average Bonchev–Trinajstić information content (AvgIpc) is 3.34. The third kappa shape index (κ3) is 4.80. The van der Waals surface area contributed by atoms with E-state index in [0.29, 0.717) is 11.6 Å². The summed E-state index contributed by atoms with van der Waals surface area (Å²) in [5.41, 5.74) is 6.05. The van der Waals surface area contributed by atoms with Crippen LogP contribution in [0, 0.1) is 0 Å². The Hall–Kier alpha value is -3.14. The standard InChI is InChI=1S/C23H28N6O3S/c1-2-3-12-28-20(24)19(21(31)27-23(28)32)29(15-8-4-5-9-15)18(30)13-33-22-16-10-6-7-11-17(16)25-14-26-22/h6-7,10-11,14-15H,2-5,8-9,12-13,24H2,1H3,(H,27,31,32). The van der Waals surface area contributed by atoms with Crippen molar-refractivity contribution < 1.29 is 4.79 Å². The van der Waals surface area contributed by atoms with E-state index in [1.54, 1.807) is 0 Å². The zero-order valence-corrected chi connectivity index (χ0v) is 19.4. The van der Waals surface area contributed by atoms with Crippen LogP contribution in [0.2, 0.25) is 0 Å². The Bertz CT molecular complexity index is 1260. The summed E-state index contributed by atoms with van der Waals surface area (Å²) >= 11 is 1.31. The molecule has 33 heavy (non-hydrogen) atoms. The van der Waals surface area contributed by atoms with Crippen LogP contribution in [0.4, 0.5) is 11.5 Å². The summed E-state index contributed by atoms with van der Waals surface area (Å²) in [4.78, 5) is 51.3. The van der Waals surface area contributed by atoms with Crippen molar-refractivity contribution in [3.63, 3.8) is 0 Å². The number of aromatic amines is 1. The summed E-state index contributed by atoms with van der Waals surface area (Å²) < 4.78 is 1.36. The van der Waals surface area contributed by atoms with Gasteiger partial charge in [0.1, 0.15) is 17.2 Å². The molecule has 0 radical (unpaired) electrons. The molecule has 9 nitrogen and oxygen atoms in total. The van der Waals surface area contributed by atoms with Crippen molar-refractivity contribution in [2.24, 2.45) is 0 Å². The van der Waals surface area contributed by atoms with Crippen LogP contribution in [0.3, 0.4) is 0 Å². The van der Waals surface area contributed by atoms with E-state index in [1.807, 2.05) is 31.2 Å². The number of nitrogen functional groups attached to an aromatic ring is 1. The van der Waals surface area contributed by atoms with Crippen LogP contribution in [-0.2, 0) is 11.3 Å². The highest BCUT2D eigenvalue weighted by Crippen LogP contribution is 2.31. The van der Waals surface area contributed by atoms with E-state index in [4.69, 9.17) is 5.73 Å². The highest BCUT2D eigenvalue weighted by Gasteiger charge is 2.32. The van der Waals surface area contributed by atoms with E-state index >= 15 is 0 Å². The van der Waals surface area contributed by atoms with Gasteiger partial charge in [-0.25, -0.2) is 14.8 Å². The number of carbonyl (C=O) groups excluding carboxylic acids is 1. The monoisotopic (exact) mass is 468 g/mol. The van der Waals surface area contributed by atoms with Gasteiger partial charge in [-0.05, 0) is 25.3 Å². The number of unbranched alkanes of at least 4 members (excludes halogenated alkanes) is 1. The number of hydrogen-bond acceptors (Lipinski definition) is 7. The van der Waals surface area contributed by atoms with E-state index in [9.17, 15) is 14.4 Å². The van der Waals surface area contributed by atoms with Crippen LogP contribution in [0.25, 0.3) is 10.9 Å². The summed E-state index contributed by atoms with van der Waals surface area (Å²) in [6, 6.07) is 7.50. The first-order valence-corrected chi connectivity index (χ1v) is 12.3. The lowest BCUT2D eigenvalue weighted by Gasteiger charge is -2.30. The number of benzene rings is 1. The minimum atomic E-state index is -0.622. The van der Waals surface area contributed by atoms with Crippen LogP contribution in [0.15, 0.2) is 45.2 Å². The fourth-order valence-corrected chi connectivity index (χ4v) is 5.17. The maximum absolute atomic E-state index is 13.5. The molecule has 3 N–H and O–H groups in total. The predicted octanol–water partition coefficient (Wildman–Crippen LogP) is 2.93. The summed E-state index contributed by atoms with van der Waals surface area (Å²) in [5, 5.41) is 1.57. The first-order chi connectivity index (χ1) is 16.0. The third-order valence-electron chi connectivity index (χ3n) is 5.99. The lowest BCUT2D eigenvalue weighted by molar-refractivity contribution is -0.116. The number of para-hydroxylation sites is 1. The van der Waals surface area contributed by atoms with Gasteiger partial charge in [0.15, 0.2) is 5.69 Å². The number of fused-ring (bicyclic) bond motifs is 1. The highest BCUT2D eigenvalue weighted by atomic mass is 32.2. The lowest BCUT2D eigenvalue weighted by Crippen LogP contribution is -2.46. The third-order valence-corrected chi connectivity index (χ3v) is 6.98.